The van der Waals surface area contributed by atoms with Crippen molar-refractivity contribution in [2.45, 2.75) is 24.4 Å². The summed E-state index contributed by atoms with van der Waals surface area (Å²) in [6, 6.07) is 8.14. The molecule has 3 fully saturated rings. The summed E-state index contributed by atoms with van der Waals surface area (Å²) in [6.07, 6.45) is 1.57. The fraction of sp³-hybridized carbons (Fsp3) is 0.400. The van der Waals surface area contributed by atoms with E-state index >= 15 is 0 Å². The van der Waals surface area contributed by atoms with Crippen LogP contribution in [-0.4, -0.2) is 56.5 Å². The number of hydrogen-bond acceptors (Lipinski definition) is 7. The van der Waals surface area contributed by atoms with Crippen molar-refractivity contribution in [3.8, 4) is 17.2 Å². The van der Waals surface area contributed by atoms with Gasteiger partial charge < -0.3 is 19.5 Å². The van der Waals surface area contributed by atoms with Gasteiger partial charge in [-0.2, -0.15) is 0 Å². The van der Waals surface area contributed by atoms with E-state index in [4.69, 9.17) is 25.8 Å². The molecule has 0 bridgehead atoms. The number of rotatable bonds is 4. The highest BCUT2D eigenvalue weighted by molar-refractivity contribution is 6.31. The van der Waals surface area contributed by atoms with Gasteiger partial charge in [0.1, 0.15) is 5.54 Å². The van der Waals surface area contributed by atoms with Crippen LogP contribution in [0.5, 0.6) is 17.2 Å². The first-order valence-corrected chi connectivity index (χ1v) is 11.8. The third-order valence-corrected chi connectivity index (χ3v) is 8.10. The van der Waals surface area contributed by atoms with E-state index in [-0.39, 0.29) is 17.9 Å². The summed E-state index contributed by atoms with van der Waals surface area (Å²) >= 11 is 6.34. The molecule has 1 N–H and O–H groups in total. The minimum Gasteiger partial charge on any atom is -0.493 e. The van der Waals surface area contributed by atoms with Crippen molar-refractivity contribution in [1.82, 2.24) is 4.90 Å². The standard InChI is InChI=1S/C25H24ClN3O6/c1-33-17-10-13(11-18(34-2)21(17)35-3)29-22(30)19-16-5-4-8-28(16)25(20(19)23(29)31)14-9-12(26)6-7-15(14)27-24(25)32/h6-7,9-11,16,19-20H,4-5,8H2,1-3H3,(H,27,32)/t16-,19+,20+,25-/m1/s1. The number of methoxy groups -OCH3 is 3. The molecule has 3 amide bonds. The van der Waals surface area contributed by atoms with E-state index in [1.807, 2.05) is 0 Å². The van der Waals surface area contributed by atoms with Gasteiger partial charge in [0, 0.05) is 34.4 Å². The van der Waals surface area contributed by atoms with Crippen LogP contribution in [0.25, 0.3) is 0 Å². The summed E-state index contributed by atoms with van der Waals surface area (Å²) in [4.78, 5) is 45.0. The Kier molecular flexibility index (Phi) is 4.82. The van der Waals surface area contributed by atoms with Gasteiger partial charge in [0.25, 0.3) is 0 Å². The maximum atomic E-state index is 14.1. The van der Waals surface area contributed by atoms with Gasteiger partial charge >= 0.3 is 0 Å². The highest BCUT2D eigenvalue weighted by Crippen LogP contribution is 2.61. The number of amides is 3. The number of carbonyl (C=O) groups is 3. The number of fused-ring (bicyclic) bond motifs is 7. The molecule has 0 aliphatic carbocycles. The predicted octanol–water partition coefficient (Wildman–Crippen LogP) is 2.80. The first-order valence-electron chi connectivity index (χ1n) is 11.4. The molecule has 6 rings (SSSR count). The van der Waals surface area contributed by atoms with Crippen molar-refractivity contribution in [3.05, 3.63) is 40.9 Å². The summed E-state index contributed by atoms with van der Waals surface area (Å²) in [7, 11) is 4.42. The van der Waals surface area contributed by atoms with Crippen LogP contribution in [0.1, 0.15) is 18.4 Å². The minimum atomic E-state index is -1.28. The Bertz CT molecular complexity index is 1270. The smallest absolute Gasteiger partial charge is 0.250 e. The number of imide groups is 1. The molecule has 35 heavy (non-hydrogen) atoms. The average molecular weight is 498 g/mol. The minimum absolute atomic E-state index is 0.223. The maximum Gasteiger partial charge on any atom is 0.250 e. The van der Waals surface area contributed by atoms with Gasteiger partial charge in [-0.15, -0.1) is 0 Å². The number of carbonyl (C=O) groups excluding carboxylic acids is 3. The van der Waals surface area contributed by atoms with Crippen LogP contribution in [0.15, 0.2) is 30.3 Å². The van der Waals surface area contributed by atoms with Crippen LogP contribution >= 0.6 is 11.6 Å². The quantitative estimate of drug-likeness (QED) is 0.649. The summed E-state index contributed by atoms with van der Waals surface area (Å²) < 4.78 is 16.3. The number of halogens is 1. The molecule has 1 spiro atoms. The second kappa shape index (κ2) is 7.60. The highest BCUT2D eigenvalue weighted by atomic mass is 35.5. The Morgan fingerprint density at radius 1 is 1.00 bits per heavy atom. The highest BCUT2D eigenvalue weighted by Gasteiger charge is 2.74. The van der Waals surface area contributed by atoms with E-state index < -0.39 is 23.3 Å². The number of benzene rings is 2. The number of hydrogen-bond donors (Lipinski definition) is 1. The van der Waals surface area contributed by atoms with E-state index in [2.05, 4.69) is 10.2 Å². The third kappa shape index (κ3) is 2.65. The third-order valence-electron chi connectivity index (χ3n) is 7.86. The van der Waals surface area contributed by atoms with Crippen molar-refractivity contribution in [2.75, 3.05) is 38.1 Å². The second-order valence-electron chi connectivity index (χ2n) is 9.21. The Labute approximate surface area is 206 Å². The van der Waals surface area contributed by atoms with Crippen molar-refractivity contribution < 1.29 is 28.6 Å². The van der Waals surface area contributed by atoms with Gasteiger partial charge in [0.05, 0.1) is 38.9 Å². The van der Waals surface area contributed by atoms with Crippen LogP contribution < -0.4 is 24.4 Å². The fourth-order valence-corrected chi connectivity index (χ4v) is 6.80. The Morgan fingerprint density at radius 3 is 2.37 bits per heavy atom. The zero-order valence-corrected chi connectivity index (χ0v) is 20.2. The largest absolute Gasteiger partial charge is 0.493 e. The lowest BCUT2D eigenvalue weighted by molar-refractivity contribution is -0.135. The van der Waals surface area contributed by atoms with Gasteiger partial charge in [-0.05, 0) is 37.6 Å². The topological polar surface area (TPSA) is 97.4 Å². The van der Waals surface area contributed by atoms with Gasteiger partial charge in [-0.1, -0.05) is 11.6 Å². The molecule has 2 aromatic carbocycles. The molecule has 9 nitrogen and oxygen atoms in total. The Hall–Kier alpha value is -3.30. The number of nitrogens with one attached hydrogen (secondary N) is 1. The summed E-state index contributed by atoms with van der Waals surface area (Å²) in [5.41, 5.74) is 0.307. The number of nitrogens with zero attached hydrogens (tertiary/aromatic N) is 2. The predicted molar refractivity (Wildman–Crippen MR) is 127 cm³/mol. The summed E-state index contributed by atoms with van der Waals surface area (Å²) in [6.45, 7) is 0.627. The Balaban J connectivity index is 1.53. The molecule has 0 radical (unpaired) electrons. The van der Waals surface area contributed by atoms with Crippen molar-refractivity contribution >= 4 is 40.7 Å². The van der Waals surface area contributed by atoms with Gasteiger partial charge in [-0.25, -0.2) is 4.90 Å². The average Bonchev–Trinajstić information content (AvgIpc) is 3.56. The Morgan fingerprint density at radius 2 is 1.71 bits per heavy atom. The van der Waals surface area contributed by atoms with Crippen LogP contribution in [0.4, 0.5) is 11.4 Å². The lowest BCUT2D eigenvalue weighted by Crippen LogP contribution is -2.54. The summed E-state index contributed by atoms with van der Waals surface area (Å²) in [5, 5.41) is 3.42. The van der Waals surface area contributed by atoms with Gasteiger partial charge in [-0.3, -0.25) is 19.3 Å². The molecule has 4 aliphatic rings. The first-order chi connectivity index (χ1) is 16.9. The lowest BCUT2D eigenvalue weighted by Gasteiger charge is -2.36. The molecule has 4 heterocycles. The van der Waals surface area contributed by atoms with Crippen LogP contribution in [-0.2, 0) is 19.9 Å². The zero-order valence-electron chi connectivity index (χ0n) is 19.5. The van der Waals surface area contributed by atoms with Crippen LogP contribution in [0, 0.1) is 11.8 Å². The second-order valence-corrected chi connectivity index (χ2v) is 9.65. The molecule has 2 aromatic rings. The lowest BCUT2D eigenvalue weighted by atomic mass is 9.75. The molecular weight excluding hydrogens is 474 g/mol. The number of anilines is 2. The van der Waals surface area contributed by atoms with E-state index in [9.17, 15) is 14.4 Å². The molecule has 182 valence electrons. The molecule has 10 heteroatoms. The zero-order chi connectivity index (χ0) is 24.6. The fourth-order valence-electron chi connectivity index (χ4n) is 6.63. The molecule has 0 saturated carbocycles. The SMILES string of the molecule is COc1cc(N2C(=O)[C@H]3[C@H]4CCCN4[C@@]4(C(=O)Nc5ccc(Cl)cc54)[C@@H]3C2=O)cc(OC)c1OC. The molecular formula is C25H24ClN3O6. The first kappa shape index (κ1) is 22.2. The van der Waals surface area contributed by atoms with E-state index in [1.165, 1.54) is 26.2 Å². The van der Waals surface area contributed by atoms with Gasteiger partial charge in [0.15, 0.2) is 11.5 Å². The van der Waals surface area contributed by atoms with Crippen LogP contribution in [0.3, 0.4) is 0 Å². The summed E-state index contributed by atoms with van der Waals surface area (Å²) in [5.74, 6) is -1.56. The normalized spacial score (nSPS) is 28.9. The molecule has 4 atom stereocenters. The molecule has 0 unspecified atom stereocenters. The molecule has 3 saturated heterocycles. The van der Waals surface area contributed by atoms with E-state index in [1.54, 1.807) is 30.3 Å². The van der Waals surface area contributed by atoms with Crippen molar-refractivity contribution in [2.24, 2.45) is 11.8 Å². The van der Waals surface area contributed by atoms with Crippen molar-refractivity contribution in [3.63, 3.8) is 0 Å². The van der Waals surface area contributed by atoms with Crippen LogP contribution in [0.2, 0.25) is 5.02 Å². The van der Waals surface area contributed by atoms with E-state index in [0.29, 0.717) is 45.8 Å². The van der Waals surface area contributed by atoms with E-state index in [0.717, 1.165) is 12.8 Å². The molecule has 0 aromatic heterocycles. The maximum absolute atomic E-state index is 14.1. The van der Waals surface area contributed by atoms with Crippen molar-refractivity contribution in [1.29, 1.82) is 0 Å². The number of ether oxygens (including phenoxy) is 3. The molecule has 4 aliphatic heterocycles. The van der Waals surface area contributed by atoms with Gasteiger partial charge in [0.2, 0.25) is 23.5 Å². The monoisotopic (exact) mass is 497 g/mol.